The van der Waals surface area contributed by atoms with Crippen molar-refractivity contribution < 1.29 is 4.79 Å². The lowest BCUT2D eigenvalue weighted by Gasteiger charge is -2.08. The molecular formula is C21H44N2O. The van der Waals surface area contributed by atoms with Crippen LogP contribution in [0.5, 0.6) is 0 Å². The highest BCUT2D eigenvalue weighted by Crippen LogP contribution is 2.13. The first-order valence-corrected chi connectivity index (χ1v) is 10.5. The van der Waals surface area contributed by atoms with Gasteiger partial charge in [-0.3, -0.25) is 4.79 Å². The summed E-state index contributed by atoms with van der Waals surface area (Å²) >= 11 is 0. The van der Waals surface area contributed by atoms with Gasteiger partial charge in [0.2, 0.25) is 5.91 Å². The molecule has 0 rings (SSSR count). The minimum absolute atomic E-state index is 0.133. The molecule has 2 N–H and O–H groups in total. The van der Waals surface area contributed by atoms with Crippen molar-refractivity contribution in [3.8, 4) is 0 Å². The topological polar surface area (TPSA) is 41.1 Å². The second kappa shape index (κ2) is 17.3. The molecule has 3 heteroatoms. The number of hydrogen-bond acceptors (Lipinski definition) is 2. The molecule has 0 radical (unpaired) electrons. The highest BCUT2D eigenvalue weighted by atomic mass is 16.1. The first-order valence-electron chi connectivity index (χ1n) is 10.5. The molecule has 0 atom stereocenters. The zero-order valence-corrected chi connectivity index (χ0v) is 17.0. The molecule has 0 aliphatic carbocycles. The quantitative estimate of drug-likeness (QED) is 0.353. The van der Waals surface area contributed by atoms with Crippen molar-refractivity contribution in [1.29, 1.82) is 0 Å². The molecule has 3 nitrogen and oxygen atoms in total. The van der Waals surface area contributed by atoms with Gasteiger partial charge in [0.05, 0.1) is 6.54 Å². The average Bonchev–Trinajstić information content (AvgIpc) is 2.51. The third-order valence-corrected chi connectivity index (χ3v) is 4.37. The third kappa shape index (κ3) is 19.5. The first-order chi connectivity index (χ1) is 11.5. The van der Waals surface area contributed by atoms with E-state index in [1.54, 1.807) is 0 Å². The van der Waals surface area contributed by atoms with Crippen LogP contribution in [-0.2, 0) is 4.79 Å². The normalized spacial score (nSPS) is 11.4. The summed E-state index contributed by atoms with van der Waals surface area (Å²) < 4.78 is 0. The van der Waals surface area contributed by atoms with Crippen LogP contribution in [0.25, 0.3) is 0 Å². The first kappa shape index (κ1) is 23.4. The van der Waals surface area contributed by atoms with Crippen molar-refractivity contribution in [2.45, 2.75) is 98.3 Å². The van der Waals surface area contributed by atoms with Gasteiger partial charge in [-0.05, 0) is 24.8 Å². The Morgan fingerprint density at radius 2 is 1.21 bits per heavy atom. The Morgan fingerprint density at radius 1 is 0.708 bits per heavy atom. The molecule has 0 unspecified atom stereocenters. The van der Waals surface area contributed by atoms with Crippen molar-refractivity contribution in [2.75, 3.05) is 19.6 Å². The van der Waals surface area contributed by atoms with Gasteiger partial charge in [-0.1, -0.05) is 91.9 Å². The fourth-order valence-corrected chi connectivity index (χ4v) is 2.86. The molecule has 0 aliphatic rings. The molecule has 0 heterocycles. The van der Waals surface area contributed by atoms with E-state index in [-0.39, 0.29) is 5.91 Å². The molecule has 0 spiro atoms. The van der Waals surface area contributed by atoms with Crippen LogP contribution < -0.4 is 10.6 Å². The Hall–Kier alpha value is -0.570. The Bertz CT molecular complexity index is 277. The predicted octanol–water partition coefficient (Wildman–Crippen LogP) is 5.30. The average molecular weight is 341 g/mol. The monoisotopic (exact) mass is 340 g/mol. The predicted molar refractivity (Wildman–Crippen MR) is 106 cm³/mol. The van der Waals surface area contributed by atoms with Crippen LogP contribution in [0.15, 0.2) is 0 Å². The van der Waals surface area contributed by atoms with Gasteiger partial charge in [-0.15, -0.1) is 0 Å². The number of nitrogens with one attached hydrogen (secondary N) is 2. The number of carbonyl (C=O) groups excluding carboxylic acids is 1. The largest absolute Gasteiger partial charge is 0.355 e. The van der Waals surface area contributed by atoms with Gasteiger partial charge in [0, 0.05) is 6.54 Å². The molecule has 144 valence electrons. The minimum atomic E-state index is 0.133. The summed E-state index contributed by atoms with van der Waals surface area (Å²) in [6.45, 7) is 11.1. The number of hydrogen-bond donors (Lipinski definition) is 2. The highest BCUT2D eigenvalue weighted by molar-refractivity contribution is 5.77. The van der Waals surface area contributed by atoms with E-state index in [2.05, 4.69) is 38.3 Å². The summed E-state index contributed by atoms with van der Waals surface area (Å²) in [5, 5.41) is 6.16. The molecule has 0 saturated heterocycles. The number of carbonyl (C=O) groups is 1. The van der Waals surface area contributed by atoms with Crippen LogP contribution in [-0.4, -0.2) is 25.5 Å². The maximum absolute atomic E-state index is 11.6. The van der Waals surface area contributed by atoms with Crippen LogP contribution in [0, 0.1) is 11.8 Å². The van der Waals surface area contributed by atoms with Crippen molar-refractivity contribution in [2.24, 2.45) is 11.8 Å². The van der Waals surface area contributed by atoms with Crippen LogP contribution in [0.1, 0.15) is 98.3 Å². The van der Waals surface area contributed by atoms with E-state index in [1.165, 1.54) is 64.2 Å². The Kier molecular flexibility index (Phi) is 16.8. The Balaban J connectivity index is 3.13. The van der Waals surface area contributed by atoms with Crippen LogP contribution >= 0.6 is 0 Å². The van der Waals surface area contributed by atoms with E-state index in [0.717, 1.165) is 25.4 Å². The maximum Gasteiger partial charge on any atom is 0.233 e. The van der Waals surface area contributed by atoms with Gasteiger partial charge >= 0.3 is 0 Å². The lowest BCUT2D eigenvalue weighted by Crippen LogP contribution is -2.35. The van der Waals surface area contributed by atoms with Crippen LogP contribution in [0.4, 0.5) is 0 Å². The van der Waals surface area contributed by atoms with Crippen molar-refractivity contribution in [1.82, 2.24) is 10.6 Å². The van der Waals surface area contributed by atoms with Crippen molar-refractivity contribution in [3.05, 3.63) is 0 Å². The Morgan fingerprint density at radius 3 is 1.71 bits per heavy atom. The lowest BCUT2D eigenvalue weighted by atomic mass is 10.0. The van der Waals surface area contributed by atoms with E-state index in [0.29, 0.717) is 12.5 Å². The summed E-state index contributed by atoms with van der Waals surface area (Å²) in [6.07, 6.45) is 14.9. The number of amides is 1. The molecule has 0 aromatic rings. The molecular weight excluding hydrogens is 296 g/mol. The smallest absolute Gasteiger partial charge is 0.233 e. The zero-order valence-electron chi connectivity index (χ0n) is 17.0. The number of rotatable bonds is 17. The van der Waals surface area contributed by atoms with Crippen LogP contribution in [0.3, 0.4) is 0 Å². The summed E-state index contributed by atoms with van der Waals surface area (Å²) in [5.41, 5.74) is 0. The highest BCUT2D eigenvalue weighted by Gasteiger charge is 2.00. The summed E-state index contributed by atoms with van der Waals surface area (Å²) in [7, 11) is 0. The molecule has 24 heavy (non-hydrogen) atoms. The SMILES string of the molecule is CC(C)CCCCCCCCCCCCNC(=O)CNCC(C)C. The van der Waals surface area contributed by atoms with Gasteiger partial charge in [0.25, 0.3) is 0 Å². The molecule has 0 fully saturated rings. The molecule has 1 amide bonds. The molecule has 0 aliphatic heterocycles. The molecule has 0 aromatic carbocycles. The maximum atomic E-state index is 11.6. The van der Waals surface area contributed by atoms with Gasteiger partial charge < -0.3 is 10.6 Å². The zero-order chi connectivity index (χ0) is 18.0. The summed E-state index contributed by atoms with van der Waals surface area (Å²) in [6, 6.07) is 0. The number of unbranched alkanes of at least 4 members (excludes halogenated alkanes) is 9. The van der Waals surface area contributed by atoms with Crippen molar-refractivity contribution in [3.63, 3.8) is 0 Å². The minimum Gasteiger partial charge on any atom is -0.355 e. The van der Waals surface area contributed by atoms with Gasteiger partial charge in [-0.2, -0.15) is 0 Å². The summed E-state index contributed by atoms with van der Waals surface area (Å²) in [4.78, 5) is 11.6. The van der Waals surface area contributed by atoms with Crippen LogP contribution in [0.2, 0.25) is 0 Å². The summed E-state index contributed by atoms with van der Waals surface area (Å²) in [5.74, 6) is 1.59. The van der Waals surface area contributed by atoms with E-state index in [1.807, 2.05) is 0 Å². The molecule has 0 aromatic heterocycles. The van der Waals surface area contributed by atoms with Gasteiger partial charge in [-0.25, -0.2) is 0 Å². The fraction of sp³-hybridized carbons (Fsp3) is 0.952. The van der Waals surface area contributed by atoms with E-state index in [4.69, 9.17) is 0 Å². The van der Waals surface area contributed by atoms with Gasteiger partial charge in [0.15, 0.2) is 0 Å². The second-order valence-electron chi connectivity index (χ2n) is 8.09. The standard InChI is InChI=1S/C21H44N2O/c1-19(2)15-13-11-9-7-5-6-8-10-12-14-16-23-21(24)18-22-17-20(3)4/h19-20,22H,5-18H2,1-4H3,(H,23,24). The van der Waals surface area contributed by atoms with Gasteiger partial charge in [0.1, 0.15) is 0 Å². The van der Waals surface area contributed by atoms with E-state index < -0.39 is 0 Å². The lowest BCUT2D eigenvalue weighted by molar-refractivity contribution is -0.120. The molecule has 0 bridgehead atoms. The fourth-order valence-electron chi connectivity index (χ4n) is 2.86. The molecule has 0 saturated carbocycles. The Labute approximate surface area is 151 Å². The van der Waals surface area contributed by atoms with E-state index in [9.17, 15) is 4.79 Å². The van der Waals surface area contributed by atoms with Crippen molar-refractivity contribution >= 4 is 5.91 Å². The third-order valence-electron chi connectivity index (χ3n) is 4.37. The second-order valence-corrected chi connectivity index (χ2v) is 8.09. The van der Waals surface area contributed by atoms with E-state index >= 15 is 0 Å².